The molecule has 0 aliphatic carbocycles. The highest BCUT2D eigenvalue weighted by Crippen LogP contribution is 2.36. The Morgan fingerprint density at radius 3 is 2.11 bits per heavy atom. The largest absolute Gasteiger partial charge is 0.494 e. The maximum atomic E-state index is 6.59. The summed E-state index contributed by atoms with van der Waals surface area (Å²) in [6, 6.07) is 20.4. The molecule has 0 amide bonds. The first-order valence-corrected chi connectivity index (χ1v) is 9.62. The van der Waals surface area contributed by atoms with Crippen molar-refractivity contribution in [3.05, 3.63) is 76.7 Å². The molecule has 1 aliphatic rings. The molecule has 0 aromatic heterocycles. The normalized spacial score (nSPS) is 19.1. The van der Waals surface area contributed by atoms with Crippen molar-refractivity contribution in [1.29, 1.82) is 0 Å². The summed E-state index contributed by atoms with van der Waals surface area (Å²) in [5.41, 5.74) is 8.55. The van der Waals surface area contributed by atoms with Crippen LogP contribution in [0.2, 0.25) is 0 Å². The Bertz CT molecular complexity index is 1130. The van der Waals surface area contributed by atoms with Crippen molar-refractivity contribution in [1.82, 2.24) is 0 Å². The summed E-state index contributed by atoms with van der Waals surface area (Å²) >= 11 is 0. The zero-order valence-electron chi connectivity index (χ0n) is 17.0. The van der Waals surface area contributed by atoms with E-state index in [1.807, 2.05) is 42.5 Å². The lowest BCUT2D eigenvalue weighted by Crippen LogP contribution is -2.41. The van der Waals surface area contributed by atoms with Crippen molar-refractivity contribution in [2.75, 3.05) is 0 Å². The van der Waals surface area contributed by atoms with Crippen molar-refractivity contribution in [2.45, 2.75) is 38.9 Å². The third-order valence-corrected chi connectivity index (χ3v) is 6.03. The zero-order valence-corrected chi connectivity index (χ0v) is 17.0. The average Bonchev–Trinajstić information content (AvgIpc) is 2.89. The predicted molar refractivity (Wildman–Crippen MR) is 118 cm³/mol. The summed E-state index contributed by atoms with van der Waals surface area (Å²) in [5, 5.41) is 4.18. The first-order chi connectivity index (χ1) is 13.2. The standard InChI is InChI=1S/C24H26BNO2/c1-16-10-11-17-8-6-7-9-20(17)21(16)22(26)18-12-14-19(15-13-18)25-27-23(2,3)24(4,5)28-25/h6-15H,1,26H2,2-5H3/b22-21+. The Morgan fingerprint density at radius 1 is 0.857 bits per heavy atom. The van der Waals surface area contributed by atoms with Crippen LogP contribution in [-0.4, -0.2) is 18.3 Å². The van der Waals surface area contributed by atoms with E-state index in [0.29, 0.717) is 0 Å². The van der Waals surface area contributed by atoms with Gasteiger partial charge in [0.25, 0.3) is 0 Å². The molecule has 142 valence electrons. The number of hydrogen-bond acceptors (Lipinski definition) is 3. The minimum Gasteiger partial charge on any atom is -0.399 e. The molecule has 0 radical (unpaired) electrons. The van der Waals surface area contributed by atoms with Gasteiger partial charge in [-0.3, -0.25) is 0 Å². The molecule has 3 nitrogen and oxygen atoms in total. The monoisotopic (exact) mass is 371 g/mol. The van der Waals surface area contributed by atoms with E-state index in [0.717, 1.165) is 37.9 Å². The fraction of sp³-hybridized carbons (Fsp3) is 0.250. The van der Waals surface area contributed by atoms with Gasteiger partial charge >= 0.3 is 7.12 Å². The van der Waals surface area contributed by atoms with Crippen LogP contribution in [0.15, 0.2) is 60.7 Å². The molecule has 1 saturated heterocycles. The summed E-state index contributed by atoms with van der Waals surface area (Å²) < 4.78 is 12.3. The lowest BCUT2D eigenvalue weighted by Gasteiger charge is -2.32. The number of rotatable bonds is 2. The van der Waals surface area contributed by atoms with Gasteiger partial charge in [0.05, 0.1) is 11.2 Å². The quantitative estimate of drug-likeness (QED) is 0.705. The number of nitrogens with two attached hydrogens (primary N) is 1. The molecule has 0 unspecified atom stereocenters. The van der Waals surface area contributed by atoms with Gasteiger partial charge in [0.2, 0.25) is 0 Å². The summed E-state index contributed by atoms with van der Waals surface area (Å²) in [7, 11) is -0.374. The Labute approximate surface area is 166 Å². The molecule has 3 aromatic rings. The lowest BCUT2D eigenvalue weighted by molar-refractivity contribution is 0.00578. The molecule has 28 heavy (non-hydrogen) atoms. The van der Waals surface area contributed by atoms with Gasteiger partial charge in [-0.05, 0) is 54.7 Å². The third kappa shape index (κ3) is 3.03. The number of fused-ring (bicyclic) bond motifs is 1. The van der Waals surface area contributed by atoms with Crippen LogP contribution in [0.4, 0.5) is 0 Å². The van der Waals surface area contributed by atoms with E-state index in [2.05, 4.69) is 52.5 Å². The van der Waals surface area contributed by atoms with E-state index >= 15 is 0 Å². The van der Waals surface area contributed by atoms with Crippen LogP contribution in [0.25, 0.3) is 23.0 Å². The highest BCUT2D eigenvalue weighted by Gasteiger charge is 2.51. The van der Waals surface area contributed by atoms with E-state index < -0.39 is 0 Å². The number of benzene rings is 3. The van der Waals surface area contributed by atoms with Crippen molar-refractivity contribution < 1.29 is 9.31 Å². The lowest BCUT2D eigenvalue weighted by atomic mass is 9.78. The van der Waals surface area contributed by atoms with Gasteiger partial charge < -0.3 is 15.0 Å². The van der Waals surface area contributed by atoms with Gasteiger partial charge in [-0.25, -0.2) is 0 Å². The second kappa shape index (κ2) is 6.51. The molecule has 4 rings (SSSR count). The Morgan fingerprint density at radius 2 is 1.46 bits per heavy atom. The first-order valence-electron chi connectivity index (χ1n) is 9.62. The maximum Gasteiger partial charge on any atom is 0.494 e. The Balaban J connectivity index is 1.76. The van der Waals surface area contributed by atoms with E-state index in [1.54, 1.807) is 0 Å². The van der Waals surface area contributed by atoms with Gasteiger partial charge in [-0.1, -0.05) is 67.2 Å². The van der Waals surface area contributed by atoms with Gasteiger partial charge in [0.1, 0.15) is 0 Å². The molecule has 0 bridgehead atoms. The highest BCUT2D eigenvalue weighted by molar-refractivity contribution is 6.62. The minimum absolute atomic E-state index is 0.354. The van der Waals surface area contributed by atoms with E-state index in [-0.39, 0.29) is 18.3 Å². The Kier molecular flexibility index (Phi) is 4.37. The molecule has 1 aliphatic heterocycles. The molecule has 0 saturated carbocycles. The highest BCUT2D eigenvalue weighted by atomic mass is 16.7. The van der Waals surface area contributed by atoms with Crippen molar-refractivity contribution in [2.24, 2.45) is 5.73 Å². The van der Waals surface area contributed by atoms with E-state index in [1.165, 1.54) is 0 Å². The fourth-order valence-corrected chi connectivity index (χ4v) is 3.58. The maximum absolute atomic E-state index is 6.59. The molecule has 1 heterocycles. The summed E-state index contributed by atoms with van der Waals surface area (Å²) in [6.45, 7) is 12.4. The topological polar surface area (TPSA) is 44.5 Å². The van der Waals surface area contributed by atoms with Crippen LogP contribution in [0.1, 0.15) is 33.3 Å². The smallest absolute Gasteiger partial charge is 0.399 e. The molecular weight excluding hydrogens is 345 g/mol. The average molecular weight is 371 g/mol. The van der Waals surface area contributed by atoms with Crippen molar-refractivity contribution in [3.8, 4) is 0 Å². The summed E-state index contributed by atoms with van der Waals surface area (Å²) in [4.78, 5) is 0. The molecule has 0 spiro atoms. The van der Waals surface area contributed by atoms with Crippen LogP contribution in [0.5, 0.6) is 0 Å². The van der Waals surface area contributed by atoms with Crippen LogP contribution < -0.4 is 21.6 Å². The van der Waals surface area contributed by atoms with E-state index in [9.17, 15) is 0 Å². The predicted octanol–water partition coefficient (Wildman–Crippen LogP) is 2.66. The molecule has 0 atom stereocenters. The minimum atomic E-state index is -0.374. The van der Waals surface area contributed by atoms with Gasteiger partial charge in [0, 0.05) is 10.9 Å². The molecule has 4 heteroatoms. The Hall–Kier alpha value is -2.56. The third-order valence-electron chi connectivity index (χ3n) is 6.03. The first kappa shape index (κ1) is 18.8. The zero-order chi connectivity index (χ0) is 20.1. The second-order valence-corrected chi connectivity index (χ2v) is 8.44. The molecule has 1 fully saturated rings. The molecule has 3 aromatic carbocycles. The van der Waals surface area contributed by atoms with Crippen LogP contribution in [0.3, 0.4) is 0 Å². The second-order valence-electron chi connectivity index (χ2n) is 8.44. The number of hydrogen-bond donors (Lipinski definition) is 1. The fourth-order valence-electron chi connectivity index (χ4n) is 3.58. The van der Waals surface area contributed by atoms with Gasteiger partial charge in [-0.2, -0.15) is 0 Å². The van der Waals surface area contributed by atoms with Crippen molar-refractivity contribution >= 4 is 35.6 Å². The SMILES string of the molecule is C=c1ccc2ccccc2/c1=C(/N)c1ccc(B2OC(C)(C)C(C)(C)O2)cc1. The van der Waals surface area contributed by atoms with Crippen LogP contribution >= 0.6 is 0 Å². The van der Waals surface area contributed by atoms with Crippen LogP contribution in [-0.2, 0) is 9.31 Å². The summed E-state index contributed by atoms with van der Waals surface area (Å²) in [6.07, 6.45) is 0. The molecular formula is C24H26BNO2. The molecule has 2 N–H and O–H groups in total. The van der Waals surface area contributed by atoms with Gasteiger partial charge in [0.15, 0.2) is 0 Å². The van der Waals surface area contributed by atoms with Crippen molar-refractivity contribution in [3.63, 3.8) is 0 Å². The van der Waals surface area contributed by atoms with Crippen LogP contribution in [0, 0.1) is 0 Å². The van der Waals surface area contributed by atoms with E-state index in [4.69, 9.17) is 15.0 Å². The van der Waals surface area contributed by atoms with Gasteiger partial charge in [-0.15, -0.1) is 0 Å². The summed E-state index contributed by atoms with van der Waals surface area (Å²) in [5.74, 6) is 0.